The molecule has 3 aromatic rings. The molecule has 1 aliphatic rings. The van der Waals surface area contributed by atoms with Crippen molar-refractivity contribution < 1.29 is 19.1 Å². The van der Waals surface area contributed by atoms with Gasteiger partial charge < -0.3 is 19.7 Å². The van der Waals surface area contributed by atoms with Crippen LogP contribution in [0.1, 0.15) is 37.0 Å². The number of halogens is 2. The summed E-state index contributed by atoms with van der Waals surface area (Å²) in [5.74, 6) is 1.04. The molecule has 1 aliphatic heterocycles. The quantitative estimate of drug-likeness (QED) is 0.340. The fourth-order valence-electron chi connectivity index (χ4n) is 4.41. The molecule has 0 aliphatic carbocycles. The summed E-state index contributed by atoms with van der Waals surface area (Å²) >= 11 is 12.6. The molecule has 0 radical (unpaired) electrons. The van der Waals surface area contributed by atoms with E-state index in [2.05, 4.69) is 5.32 Å². The van der Waals surface area contributed by atoms with Crippen molar-refractivity contribution in [1.82, 2.24) is 10.2 Å². The van der Waals surface area contributed by atoms with Gasteiger partial charge in [-0.1, -0.05) is 65.7 Å². The van der Waals surface area contributed by atoms with Crippen molar-refractivity contribution in [3.05, 3.63) is 93.5 Å². The molecule has 8 heteroatoms. The molecule has 4 rings (SSSR count). The van der Waals surface area contributed by atoms with Gasteiger partial charge in [-0.2, -0.15) is 0 Å². The molecule has 0 saturated heterocycles. The molecule has 0 bridgehead atoms. The van der Waals surface area contributed by atoms with Crippen LogP contribution in [0.3, 0.4) is 0 Å². The topological polar surface area (TPSA) is 67.9 Å². The lowest BCUT2D eigenvalue weighted by Gasteiger charge is -2.32. The van der Waals surface area contributed by atoms with Crippen LogP contribution in [0.2, 0.25) is 10.0 Å². The third-order valence-corrected chi connectivity index (χ3v) is 6.88. The predicted octanol–water partition coefficient (Wildman–Crippen LogP) is 5.86. The van der Waals surface area contributed by atoms with Crippen LogP contribution in [0.15, 0.2) is 66.7 Å². The van der Waals surface area contributed by atoms with Crippen LogP contribution in [0.5, 0.6) is 11.5 Å². The Hall–Kier alpha value is -3.22. The summed E-state index contributed by atoms with van der Waals surface area (Å²) in [7, 11) is 0. The molecule has 1 N–H and O–H groups in total. The highest BCUT2D eigenvalue weighted by Crippen LogP contribution is 2.31. The van der Waals surface area contributed by atoms with Gasteiger partial charge in [-0.3, -0.25) is 9.59 Å². The molecule has 0 fully saturated rings. The minimum absolute atomic E-state index is 0.0745. The summed E-state index contributed by atoms with van der Waals surface area (Å²) in [5, 5.41) is 3.96. The number of nitrogens with one attached hydrogen (secondary N) is 1. The third kappa shape index (κ3) is 7.42. The molecule has 200 valence electrons. The van der Waals surface area contributed by atoms with Crippen LogP contribution in [0.4, 0.5) is 0 Å². The van der Waals surface area contributed by atoms with E-state index in [1.807, 2.05) is 62.4 Å². The molecule has 6 nitrogen and oxygen atoms in total. The summed E-state index contributed by atoms with van der Waals surface area (Å²) in [4.78, 5) is 28.9. The molecule has 0 saturated carbocycles. The van der Waals surface area contributed by atoms with Crippen molar-refractivity contribution in [2.24, 2.45) is 0 Å². The van der Waals surface area contributed by atoms with E-state index in [1.54, 1.807) is 23.1 Å². The average Bonchev–Trinajstić information content (AvgIpc) is 2.90. The lowest BCUT2D eigenvalue weighted by atomic mass is 10.0. The van der Waals surface area contributed by atoms with E-state index in [1.165, 1.54) is 0 Å². The second-order valence-electron chi connectivity index (χ2n) is 9.60. The lowest BCUT2D eigenvalue weighted by Crippen LogP contribution is -2.51. The van der Waals surface area contributed by atoms with Gasteiger partial charge in [0.05, 0.1) is 0 Å². The van der Waals surface area contributed by atoms with Gasteiger partial charge in [0.1, 0.15) is 19.3 Å². The van der Waals surface area contributed by atoms with Crippen LogP contribution in [-0.4, -0.2) is 42.0 Å². The maximum Gasteiger partial charge on any atom is 0.243 e. The molecule has 1 atom stereocenters. The standard InChI is InChI=1S/C30H32Cl2N2O4/c1-20(2)33-30(36)26(16-21-6-4-3-5-7-21)34(19-23-10-11-24(31)18-25(23)32)29(35)13-9-22-8-12-27-28(17-22)38-15-14-37-27/h3-8,10-12,17-18,20,26H,9,13-16,19H2,1-2H3,(H,33,36)/t26-/m1/s1. The van der Waals surface area contributed by atoms with Gasteiger partial charge >= 0.3 is 0 Å². The fourth-order valence-corrected chi connectivity index (χ4v) is 4.87. The first-order valence-corrected chi connectivity index (χ1v) is 13.5. The van der Waals surface area contributed by atoms with Crippen molar-refractivity contribution in [3.63, 3.8) is 0 Å². The Balaban J connectivity index is 1.61. The van der Waals surface area contributed by atoms with Gasteiger partial charge in [0.25, 0.3) is 0 Å². The molecule has 3 aromatic carbocycles. The average molecular weight is 556 g/mol. The normalized spacial score (nSPS) is 13.2. The second-order valence-corrected chi connectivity index (χ2v) is 10.4. The number of carbonyl (C=O) groups is 2. The number of fused-ring (bicyclic) bond motifs is 1. The first-order valence-electron chi connectivity index (χ1n) is 12.8. The minimum Gasteiger partial charge on any atom is -0.486 e. The number of ether oxygens (including phenoxy) is 2. The van der Waals surface area contributed by atoms with E-state index in [9.17, 15) is 9.59 Å². The second kappa shape index (κ2) is 13.0. The Labute approximate surface area is 233 Å². The van der Waals surface area contributed by atoms with Gasteiger partial charge in [0.2, 0.25) is 11.8 Å². The lowest BCUT2D eigenvalue weighted by molar-refractivity contribution is -0.141. The number of amides is 2. The zero-order valence-corrected chi connectivity index (χ0v) is 23.1. The number of aryl methyl sites for hydroxylation is 1. The van der Waals surface area contributed by atoms with E-state index in [4.69, 9.17) is 32.7 Å². The van der Waals surface area contributed by atoms with Gasteiger partial charge in [0.15, 0.2) is 11.5 Å². The summed E-state index contributed by atoms with van der Waals surface area (Å²) in [6.07, 6.45) is 1.08. The molecule has 0 spiro atoms. The number of benzene rings is 3. The van der Waals surface area contributed by atoms with Gasteiger partial charge in [0, 0.05) is 35.5 Å². The molecular weight excluding hydrogens is 523 g/mol. The summed E-state index contributed by atoms with van der Waals surface area (Å²) in [5.41, 5.74) is 2.64. The molecule has 38 heavy (non-hydrogen) atoms. The SMILES string of the molecule is CC(C)NC(=O)[C@@H](Cc1ccccc1)N(Cc1ccc(Cl)cc1Cl)C(=O)CCc1ccc2c(c1)OCCO2. The smallest absolute Gasteiger partial charge is 0.243 e. The maximum absolute atomic E-state index is 13.8. The molecule has 0 aromatic heterocycles. The molecule has 0 unspecified atom stereocenters. The van der Waals surface area contributed by atoms with Gasteiger partial charge in [-0.05, 0) is 61.2 Å². The number of nitrogens with zero attached hydrogens (tertiary/aromatic N) is 1. The van der Waals surface area contributed by atoms with Crippen molar-refractivity contribution in [2.45, 2.75) is 51.7 Å². The summed E-state index contributed by atoms with van der Waals surface area (Å²) in [6, 6.07) is 19.8. The Kier molecular flexibility index (Phi) is 9.53. The van der Waals surface area contributed by atoms with Gasteiger partial charge in [-0.25, -0.2) is 0 Å². The van der Waals surface area contributed by atoms with Crippen molar-refractivity contribution >= 4 is 35.0 Å². The van der Waals surface area contributed by atoms with Crippen molar-refractivity contribution in [3.8, 4) is 11.5 Å². The number of carbonyl (C=O) groups excluding carboxylic acids is 2. The highest BCUT2D eigenvalue weighted by Gasteiger charge is 2.31. The van der Waals surface area contributed by atoms with Crippen molar-refractivity contribution in [2.75, 3.05) is 13.2 Å². The first kappa shape index (κ1) is 27.8. The van der Waals surface area contributed by atoms with Crippen LogP contribution < -0.4 is 14.8 Å². The number of rotatable bonds is 10. The summed E-state index contributed by atoms with van der Waals surface area (Å²) in [6.45, 7) is 5.01. The molecule has 2 amide bonds. The van der Waals surface area contributed by atoms with Crippen LogP contribution >= 0.6 is 23.2 Å². The van der Waals surface area contributed by atoms with Crippen LogP contribution in [0, 0.1) is 0 Å². The van der Waals surface area contributed by atoms with E-state index in [0.29, 0.717) is 47.6 Å². The first-order chi connectivity index (χ1) is 18.3. The third-order valence-electron chi connectivity index (χ3n) is 6.29. The highest BCUT2D eigenvalue weighted by atomic mass is 35.5. The monoisotopic (exact) mass is 554 g/mol. The van der Waals surface area contributed by atoms with E-state index in [-0.39, 0.29) is 30.8 Å². The highest BCUT2D eigenvalue weighted by molar-refractivity contribution is 6.35. The Morgan fingerprint density at radius 2 is 1.66 bits per heavy atom. The largest absolute Gasteiger partial charge is 0.486 e. The zero-order chi connectivity index (χ0) is 27.1. The predicted molar refractivity (Wildman–Crippen MR) is 150 cm³/mol. The Morgan fingerprint density at radius 1 is 0.921 bits per heavy atom. The van der Waals surface area contributed by atoms with E-state index >= 15 is 0 Å². The Morgan fingerprint density at radius 3 is 2.37 bits per heavy atom. The van der Waals surface area contributed by atoms with E-state index < -0.39 is 6.04 Å². The Bertz CT molecular complexity index is 1270. The van der Waals surface area contributed by atoms with Gasteiger partial charge in [-0.15, -0.1) is 0 Å². The summed E-state index contributed by atoms with van der Waals surface area (Å²) < 4.78 is 11.3. The van der Waals surface area contributed by atoms with E-state index in [0.717, 1.165) is 16.7 Å². The number of hydrogen-bond acceptors (Lipinski definition) is 4. The van der Waals surface area contributed by atoms with Crippen LogP contribution in [0.25, 0.3) is 0 Å². The van der Waals surface area contributed by atoms with Crippen molar-refractivity contribution in [1.29, 1.82) is 0 Å². The fraction of sp³-hybridized carbons (Fsp3) is 0.333. The number of hydrogen-bond donors (Lipinski definition) is 1. The molecule has 1 heterocycles. The zero-order valence-electron chi connectivity index (χ0n) is 21.6. The molecular formula is C30H32Cl2N2O4. The van der Waals surface area contributed by atoms with Crippen LogP contribution in [-0.2, 0) is 29.0 Å². The minimum atomic E-state index is -0.723. The maximum atomic E-state index is 13.8.